The monoisotopic (exact) mass is 389 g/mol. The molecular formula is C28H23NO. The van der Waals surface area contributed by atoms with Gasteiger partial charge in [0.15, 0.2) is 0 Å². The van der Waals surface area contributed by atoms with E-state index in [2.05, 4.69) is 102 Å². The summed E-state index contributed by atoms with van der Waals surface area (Å²) in [4.78, 5) is 0. The lowest BCUT2D eigenvalue weighted by Crippen LogP contribution is -2.04. The van der Waals surface area contributed by atoms with Crippen LogP contribution in [0.25, 0.3) is 33.2 Å². The van der Waals surface area contributed by atoms with E-state index in [1.54, 1.807) is 0 Å². The van der Waals surface area contributed by atoms with Crippen LogP contribution in [0.5, 0.6) is 0 Å². The van der Waals surface area contributed by atoms with E-state index in [9.17, 15) is 5.11 Å². The topological polar surface area (TPSA) is 25.2 Å². The highest BCUT2D eigenvalue weighted by atomic mass is 16.3. The molecule has 0 fully saturated rings. The zero-order chi connectivity index (χ0) is 20.3. The second-order valence-electron chi connectivity index (χ2n) is 7.58. The molecule has 2 heteroatoms. The summed E-state index contributed by atoms with van der Waals surface area (Å²) in [5, 5.41) is 11.1. The van der Waals surface area contributed by atoms with E-state index in [1.165, 1.54) is 27.8 Å². The largest absolute Gasteiger partial charge is 0.390 e. The maximum absolute atomic E-state index is 9.90. The molecule has 0 amide bonds. The van der Waals surface area contributed by atoms with Crippen molar-refractivity contribution in [2.45, 2.75) is 13.2 Å². The van der Waals surface area contributed by atoms with Gasteiger partial charge in [-0.05, 0) is 46.0 Å². The lowest BCUT2D eigenvalue weighted by atomic mass is 9.99. The van der Waals surface area contributed by atoms with Crippen molar-refractivity contribution in [1.82, 2.24) is 4.57 Å². The van der Waals surface area contributed by atoms with E-state index >= 15 is 0 Å². The number of hydrogen-bond donors (Lipinski definition) is 1. The first kappa shape index (κ1) is 18.4. The second-order valence-corrected chi connectivity index (χ2v) is 7.58. The van der Waals surface area contributed by atoms with Gasteiger partial charge in [0.25, 0.3) is 0 Å². The SMILES string of the molecule is OCc1cc2cc(-c3ccc(-c4ccccc4)cc3)ccc2n1Cc1ccccc1. The van der Waals surface area contributed by atoms with E-state index in [-0.39, 0.29) is 6.61 Å². The van der Waals surface area contributed by atoms with Gasteiger partial charge < -0.3 is 9.67 Å². The number of aliphatic hydroxyl groups excluding tert-OH is 1. The van der Waals surface area contributed by atoms with Gasteiger partial charge in [-0.1, -0.05) is 91.0 Å². The highest BCUT2D eigenvalue weighted by Crippen LogP contribution is 2.29. The molecule has 0 atom stereocenters. The van der Waals surface area contributed by atoms with Crippen LogP contribution < -0.4 is 0 Å². The highest BCUT2D eigenvalue weighted by molar-refractivity contribution is 5.87. The fourth-order valence-electron chi connectivity index (χ4n) is 4.08. The van der Waals surface area contributed by atoms with Gasteiger partial charge in [0, 0.05) is 23.1 Å². The summed E-state index contributed by atoms with van der Waals surface area (Å²) < 4.78 is 2.20. The van der Waals surface area contributed by atoms with E-state index in [4.69, 9.17) is 0 Å². The molecule has 0 radical (unpaired) electrons. The summed E-state index contributed by atoms with van der Waals surface area (Å²) in [6.45, 7) is 0.786. The number of aromatic nitrogens is 1. The summed E-state index contributed by atoms with van der Waals surface area (Å²) in [5.74, 6) is 0. The summed E-state index contributed by atoms with van der Waals surface area (Å²) in [7, 11) is 0. The number of hydrogen-bond acceptors (Lipinski definition) is 1. The molecule has 0 saturated carbocycles. The maximum Gasteiger partial charge on any atom is 0.0833 e. The Balaban J connectivity index is 1.49. The zero-order valence-electron chi connectivity index (χ0n) is 16.7. The first-order valence-electron chi connectivity index (χ1n) is 10.2. The smallest absolute Gasteiger partial charge is 0.0833 e. The van der Waals surface area contributed by atoms with Crippen molar-refractivity contribution < 1.29 is 5.11 Å². The Morgan fingerprint density at radius 2 is 1.13 bits per heavy atom. The third kappa shape index (κ3) is 3.54. The van der Waals surface area contributed by atoms with Crippen LogP contribution in [0.15, 0.2) is 109 Å². The number of rotatable bonds is 5. The van der Waals surface area contributed by atoms with Gasteiger partial charge in [-0.25, -0.2) is 0 Å². The van der Waals surface area contributed by atoms with E-state index in [0.717, 1.165) is 23.1 Å². The summed E-state index contributed by atoms with van der Waals surface area (Å²) in [6, 6.07) is 38.2. The predicted octanol–water partition coefficient (Wildman–Crippen LogP) is 6.52. The minimum atomic E-state index is 0.0304. The fourth-order valence-corrected chi connectivity index (χ4v) is 4.08. The summed E-state index contributed by atoms with van der Waals surface area (Å²) in [6.07, 6.45) is 0. The number of fused-ring (bicyclic) bond motifs is 1. The number of aliphatic hydroxyl groups is 1. The van der Waals surface area contributed by atoms with Crippen molar-refractivity contribution in [3.8, 4) is 22.3 Å². The molecule has 0 bridgehead atoms. The van der Waals surface area contributed by atoms with Crippen molar-refractivity contribution in [2.24, 2.45) is 0 Å². The van der Waals surface area contributed by atoms with Crippen LogP contribution in [0.3, 0.4) is 0 Å². The van der Waals surface area contributed by atoms with Crippen LogP contribution in [-0.2, 0) is 13.2 Å². The van der Waals surface area contributed by atoms with Crippen LogP contribution in [0.4, 0.5) is 0 Å². The van der Waals surface area contributed by atoms with Gasteiger partial charge in [0.1, 0.15) is 0 Å². The van der Waals surface area contributed by atoms with Crippen LogP contribution in [0.2, 0.25) is 0 Å². The molecule has 5 aromatic rings. The lowest BCUT2D eigenvalue weighted by molar-refractivity contribution is 0.272. The van der Waals surface area contributed by atoms with Gasteiger partial charge in [-0.3, -0.25) is 0 Å². The molecule has 5 rings (SSSR count). The molecule has 146 valence electrons. The van der Waals surface area contributed by atoms with Gasteiger partial charge >= 0.3 is 0 Å². The van der Waals surface area contributed by atoms with Gasteiger partial charge in [-0.15, -0.1) is 0 Å². The molecule has 1 heterocycles. The molecule has 0 spiro atoms. The van der Waals surface area contributed by atoms with Crippen molar-refractivity contribution in [3.05, 3.63) is 120 Å². The quantitative estimate of drug-likeness (QED) is 0.364. The number of benzene rings is 4. The van der Waals surface area contributed by atoms with Crippen molar-refractivity contribution in [1.29, 1.82) is 0 Å². The average Bonchev–Trinajstić information content (AvgIpc) is 3.17. The Bertz CT molecular complexity index is 1270. The Labute approximate surface area is 176 Å². The molecule has 0 aliphatic rings. The lowest BCUT2D eigenvalue weighted by Gasteiger charge is -2.10. The fraction of sp³-hybridized carbons (Fsp3) is 0.0714. The first-order valence-corrected chi connectivity index (χ1v) is 10.2. The van der Waals surface area contributed by atoms with Crippen LogP contribution in [-0.4, -0.2) is 9.67 Å². The van der Waals surface area contributed by atoms with Crippen LogP contribution in [0, 0.1) is 0 Å². The van der Waals surface area contributed by atoms with E-state index in [0.29, 0.717) is 0 Å². The second kappa shape index (κ2) is 8.02. The standard InChI is InChI=1S/C28H23NO/c30-20-27-18-26-17-25(15-16-28(26)29(27)19-21-7-3-1-4-8-21)24-13-11-23(12-14-24)22-9-5-2-6-10-22/h1-18,30H,19-20H2. The molecule has 4 aromatic carbocycles. The Morgan fingerprint density at radius 3 is 1.80 bits per heavy atom. The molecule has 0 unspecified atom stereocenters. The Kier molecular flexibility index (Phi) is 4.92. The Morgan fingerprint density at radius 1 is 0.567 bits per heavy atom. The van der Waals surface area contributed by atoms with Gasteiger partial charge in [-0.2, -0.15) is 0 Å². The average molecular weight is 389 g/mol. The van der Waals surface area contributed by atoms with Crippen molar-refractivity contribution in [3.63, 3.8) is 0 Å². The first-order chi connectivity index (χ1) is 14.8. The third-order valence-corrected chi connectivity index (χ3v) is 5.66. The van der Waals surface area contributed by atoms with Crippen molar-refractivity contribution in [2.75, 3.05) is 0 Å². The molecule has 30 heavy (non-hydrogen) atoms. The normalized spacial score (nSPS) is 11.1. The van der Waals surface area contributed by atoms with Crippen LogP contribution in [0.1, 0.15) is 11.3 Å². The molecular weight excluding hydrogens is 366 g/mol. The zero-order valence-corrected chi connectivity index (χ0v) is 16.7. The maximum atomic E-state index is 9.90. The molecule has 1 aromatic heterocycles. The molecule has 1 N–H and O–H groups in total. The number of nitrogens with zero attached hydrogens (tertiary/aromatic N) is 1. The van der Waals surface area contributed by atoms with E-state index < -0.39 is 0 Å². The third-order valence-electron chi connectivity index (χ3n) is 5.66. The molecule has 2 nitrogen and oxygen atoms in total. The van der Waals surface area contributed by atoms with Gasteiger partial charge in [0.2, 0.25) is 0 Å². The minimum absolute atomic E-state index is 0.0304. The van der Waals surface area contributed by atoms with Crippen molar-refractivity contribution >= 4 is 10.9 Å². The Hall–Kier alpha value is -3.62. The van der Waals surface area contributed by atoms with E-state index in [1.807, 2.05) is 12.1 Å². The molecule has 0 aliphatic heterocycles. The van der Waals surface area contributed by atoms with Gasteiger partial charge in [0.05, 0.1) is 6.61 Å². The predicted molar refractivity (Wildman–Crippen MR) is 124 cm³/mol. The highest BCUT2D eigenvalue weighted by Gasteiger charge is 2.10. The summed E-state index contributed by atoms with van der Waals surface area (Å²) >= 11 is 0. The molecule has 0 saturated heterocycles. The minimum Gasteiger partial charge on any atom is -0.390 e. The molecule has 0 aliphatic carbocycles. The summed E-state index contributed by atoms with van der Waals surface area (Å²) in [5.41, 5.74) is 8.13. The van der Waals surface area contributed by atoms with Crippen LogP contribution >= 0.6 is 0 Å².